The van der Waals surface area contributed by atoms with Gasteiger partial charge in [-0.25, -0.2) is 4.79 Å². The summed E-state index contributed by atoms with van der Waals surface area (Å²) in [5.41, 5.74) is 1.15. The summed E-state index contributed by atoms with van der Waals surface area (Å²) in [5.74, 6) is 0. The van der Waals surface area contributed by atoms with Gasteiger partial charge in [0, 0.05) is 18.3 Å². The molecule has 0 bridgehead atoms. The van der Waals surface area contributed by atoms with Gasteiger partial charge in [-0.15, -0.1) is 0 Å². The van der Waals surface area contributed by atoms with Crippen LogP contribution in [0.15, 0.2) is 24.3 Å². The van der Waals surface area contributed by atoms with Gasteiger partial charge in [0.05, 0.1) is 11.6 Å². The van der Waals surface area contributed by atoms with Crippen LogP contribution in [0.4, 0.5) is 10.5 Å². The lowest BCUT2D eigenvalue weighted by Crippen LogP contribution is -2.43. The van der Waals surface area contributed by atoms with E-state index in [1.807, 2.05) is 6.07 Å². The number of anilines is 1. The fourth-order valence-electron chi connectivity index (χ4n) is 2.06. The van der Waals surface area contributed by atoms with Crippen LogP contribution in [0.25, 0.3) is 0 Å². The van der Waals surface area contributed by atoms with Crippen molar-refractivity contribution in [1.29, 1.82) is 5.26 Å². The van der Waals surface area contributed by atoms with Crippen molar-refractivity contribution in [2.75, 3.05) is 25.0 Å². The van der Waals surface area contributed by atoms with E-state index >= 15 is 0 Å². The Bertz CT molecular complexity index is 477. The minimum atomic E-state index is -0.251. The summed E-state index contributed by atoms with van der Waals surface area (Å²) in [6.07, 6.45) is 0. The van der Waals surface area contributed by atoms with E-state index in [4.69, 9.17) is 5.26 Å². The van der Waals surface area contributed by atoms with Gasteiger partial charge in [-0.2, -0.15) is 5.26 Å². The first-order valence-corrected chi connectivity index (χ1v) is 6.89. The van der Waals surface area contributed by atoms with Gasteiger partial charge in [0.15, 0.2) is 0 Å². The van der Waals surface area contributed by atoms with Gasteiger partial charge >= 0.3 is 6.03 Å². The second kappa shape index (κ2) is 8.18. The topological polar surface area (TPSA) is 68.2 Å². The highest BCUT2D eigenvalue weighted by Gasteiger charge is 2.11. The van der Waals surface area contributed by atoms with Crippen LogP contribution in [0.5, 0.6) is 0 Å². The number of rotatable bonds is 6. The summed E-state index contributed by atoms with van der Waals surface area (Å²) in [4.78, 5) is 14.1. The fraction of sp³-hybridized carbons (Fsp3) is 0.467. The normalized spacial score (nSPS) is 11.8. The Morgan fingerprint density at radius 2 is 2.10 bits per heavy atom. The van der Waals surface area contributed by atoms with E-state index in [0.717, 1.165) is 13.1 Å². The molecule has 108 valence electrons. The standard InChI is InChI=1S/C15H22N4O/c1-4-19(5-2)12(3)11-17-15(20)18-14-8-6-7-13(9-14)10-16/h6-9,12H,4-5,11H2,1-3H3,(H2,17,18,20)/t12-/m0/s1. The minimum absolute atomic E-state index is 0.251. The minimum Gasteiger partial charge on any atom is -0.336 e. The fourth-order valence-corrected chi connectivity index (χ4v) is 2.06. The predicted octanol–water partition coefficient (Wildman–Crippen LogP) is 2.41. The van der Waals surface area contributed by atoms with Gasteiger partial charge in [0.1, 0.15) is 0 Å². The van der Waals surface area contributed by atoms with Crippen LogP contribution in [0, 0.1) is 11.3 Å². The lowest BCUT2D eigenvalue weighted by Gasteiger charge is -2.26. The number of nitrogens with zero attached hydrogens (tertiary/aromatic N) is 2. The lowest BCUT2D eigenvalue weighted by molar-refractivity contribution is 0.220. The van der Waals surface area contributed by atoms with Gasteiger partial charge in [-0.3, -0.25) is 4.90 Å². The number of benzene rings is 1. The summed E-state index contributed by atoms with van der Waals surface area (Å²) in [6.45, 7) is 8.81. The Hall–Kier alpha value is -2.06. The van der Waals surface area contributed by atoms with E-state index in [-0.39, 0.29) is 6.03 Å². The number of hydrogen-bond donors (Lipinski definition) is 2. The zero-order valence-electron chi connectivity index (χ0n) is 12.3. The number of urea groups is 1. The first kappa shape index (κ1) is 16.0. The first-order valence-electron chi connectivity index (χ1n) is 6.89. The second-order valence-corrected chi connectivity index (χ2v) is 4.60. The molecule has 0 aromatic heterocycles. The number of amides is 2. The molecule has 2 amide bonds. The number of nitrogens with one attached hydrogen (secondary N) is 2. The molecule has 0 saturated carbocycles. The molecule has 1 atom stereocenters. The predicted molar refractivity (Wildman–Crippen MR) is 80.6 cm³/mol. The summed E-state index contributed by atoms with van der Waals surface area (Å²) >= 11 is 0. The Kier molecular flexibility index (Phi) is 6.54. The van der Waals surface area contributed by atoms with Crippen molar-refractivity contribution < 1.29 is 4.79 Å². The molecule has 0 saturated heterocycles. The smallest absolute Gasteiger partial charge is 0.319 e. The van der Waals surface area contributed by atoms with Crippen LogP contribution >= 0.6 is 0 Å². The van der Waals surface area contributed by atoms with Crippen LogP contribution in [-0.4, -0.2) is 36.6 Å². The molecule has 0 aliphatic carbocycles. The zero-order valence-corrected chi connectivity index (χ0v) is 12.3. The molecule has 0 heterocycles. The van der Waals surface area contributed by atoms with Crippen LogP contribution in [0.3, 0.4) is 0 Å². The third kappa shape index (κ3) is 4.90. The van der Waals surface area contributed by atoms with Crippen LogP contribution in [0.1, 0.15) is 26.3 Å². The van der Waals surface area contributed by atoms with E-state index < -0.39 is 0 Å². The van der Waals surface area contributed by atoms with Crippen LogP contribution < -0.4 is 10.6 Å². The van der Waals surface area contributed by atoms with Crippen molar-refractivity contribution in [3.8, 4) is 6.07 Å². The van der Waals surface area contributed by atoms with E-state index in [1.165, 1.54) is 0 Å². The monoisotopic (exact) mass is 274 g/mol. The second-order valence-electron chi connectivity index (χ2n) is 4.60. The first-order chi connectivity index (χ1) is 9.60. The van der Waals surface area contributed by atoms with E-state index in [9.17, 15) is 4.79 Å². The quantitative estimate of drug-likeness (QED) is 0.837. The zero-order chi connectivity index (χ0) is 15.0. The van der Waals surface area contributed by atoms with Crippen molar-refractivity contribution >= 4 is 11.7 Å². The number of carbonyl (C=O) groups is 1. The van der Waals surface area contributed by atoms with Crippen molar-refractivity contribution in [3.05, 3.63) is 29.8 Å². The molecule has 0 fully saturated rings. The molecule has 5 heteroatoms. The molecule has 0 spiro atoms. The van der Waals surface area contributed by atoms with Crippen molar-refractivity contribution in [2.24, 2.45) is 0 Å². The molecule has 1 aromatic carbocycles. The van der Waals surface area contributed by atoms with E-state index in [1.54, 1.807) is 24.3 Å². The molecule has 0 aliphatic heterocycles. The van der Waals surface area contributed by atoms with Crippen LogP contribution in [-0.2, 0) is 0 Å². The average molecular weight is 274 g/mol. The summed E-state index contributed by atoms with van der Waals surface area (Å²) in [6, 6.07) is 8.93. The third-order valence-corrected chi connectivity index (χ3v) is 3.24. The largest absolute Gasteiger partial charge is 0.336 e. The molecule has 0 aliphatic rings. The molecular formula is C15H22N4O. The average Bonchev–Trinajstić information content (AvgIpc) is 2.46. The van der Waals surface area contributed by atoms with Crippen molar-refractivity contribution in [2.45, 2.75) is 26.8 Å². The highest BCUT2D eigenvalue weighted by molar-refractivity contribution is 5.89. The van der Waals surface area contributed by atoms with Gasteiger partial charge in [-0.1, -0.05) is 19.9 Å². The Balaban J connectivity index is 2.46. The van der Waals surface area contributed by atoms with Gasteiger partial charge in [0.2, 0.25) is 0 Å². The van der Waals surface area contributed by atoms with E-state index in [0.29, 0.717) is 23.8 Å². The van der Waals surface area contributed by atoms with Gasteiger partial charge in [0.25, 0.3) is 0 Å². The molecule has 1 aromatic rings. The Morgan fingerprint density at radius 3 is 2.70 bits per heavy atom. The maximum Gasteiger partial charge on any atom is 0.319 e. The maximum atomic E-state index is 11.8. The highest BCUT2D eigenvalue weighted by atomic mass is 16.2. The molecule has 0 unspecified atom stereocenters. The third-order valence-electron chi connectivity index (χ3n) is 3.24. The summed E-state index contributed by atoms with van der Waals surface area (Å²) in [5, 5.41) is 14.4. The Morgan fingerprint density at radius 1 is 1.40 bits per heavy atom. The van der Waals surface area contributed by atoms with Crippen LogP contribution in [0.2, 0.25) is 0 Å². The molecule has 20 heavy (non-hydrogen) atoms. The number of hydrogen-bond acceptors (Lipinski definition) is 3. The number of likely N-dealkylation sites (N-methyl/N-ethyl adjacent to an activating group) is 1. The van der Waals surface area contributed by atoms with Crippen molar-refractivity contribution in [1.82, 2.24) is 10.2 Å². The molecule has 0 radical (unpaired) electrons. The van der Waals surface area contributed by atoms with Gasteiger partial charge < -0.3 is 10.6 Å². The lowest BCUT2D eigenvalue weighted by atomic mass is 10.2. The summed E-state index contributed by atoms with van der Waals surface area (Å²) < 4.78 is 0. The number of nitriles is 1. The summed E-state index contributed by atoms with van der Waals surface area (Å²) in [7, 11) is 0. The Labute approximate surface area is 120 Å². The molecule has 5 nitrogen and oxygen atoms in total. The molecule has 2 N–H and O–H groups in total. The molecule has 1 rings (SSSR count). The molecular weight excluding hydrogens is 252 g/mol. The van der Waals surface area contributed by atoms with Crippen molar-refractivity contribution in [3.63, 3.8) is 0 Å². The van der Waals surface area contributed by atoms with E-state index in [2.05, 4.69) is 36.3 Å². The van der Waals surface area contributed by atoms with Gasteiger partial charge in [-0.05, 0) is 38.2 Å². The maximum absolute atomic E-state index is 11.8. The highest BCUT2D eigenvalue weighted by Crippen LogP contribution is 2.09. The SMILES string of the molecule is CCN(CC)[C@@H](C)CNC(=O)Nc1cccc(C#N)c1. The number of carbonyl (C=O) groups excluding carboxylic acids is 1.